The van der Waals surface area contributed by atoms with E-state index in [2.05, 4.69) is 51.0 Å². The summed E-state index contributed by atoms with van der Waals surface area (Å²) in [6.07, 6.45) is 10.7. The molecule has 0 saturated carbocycles. The van der Waals surface area contributed by atoms with E-state index in [4.69, 9.17) is 0 Å². The number of hydrogen-bond donors (Lipinski definition) is 1. The van der Waals surface area contributed by atoms with E-state index in [1.54, 1.807) is 5.57 Å². The minimum Gasteiger partial charge on any atom is -0.309 e. The van der Waals surface area contributed by atoms with Gasteiger partial charge in [0.25, 0.3) is 0 Å². The number of nitrogens with one attached hydrogen (secondary N) is 1. The van der Waals surface area contributed by atoms with Crippen LogP contribution in [0.25, 0.3) is 0 Å². The first-order valence-corrected chi connectivity index (χ1v) is 8.18. The van der Waals surface area contributed by atoms with Gasteiger partial charge in [0.15, 0.2) is 0 Å². The minimum absolute atomic E-state index is 0.367. The maximum Gasteiger partial charge on any atom is 0.0698 e. The van der Waals surface area contributed by atoms with E-state index in [0.29, 0.717) is 6.04 Å². The lowest BCUT2D eigenvalue weighted by Crippen LogP contribution is -2.25. The average molecular weight is 326 g/mol. The summed E-state index contributed by atoms with van der Waals surface area (Å²) in [6, 6.07) is 0.367. The zero-order valence-electron chi connectivity index (χ0n) is 12.0. The molecule has 1 aromatic rings. The molecule has 1 N–H and O–H groups in total. The van der Waals surface area contributed by atoms with Gasteiger partial charge in [-0.1, -0.05) is 18.6 Å². The summed E-state index contributed by atoms with van der Waals surface area (Å²) in [4.78, 5) is 0. The second kappa shape index (κ2) is 7.25. The molecule has 1 heterocycles. The highest BCUT2D eigenvalue weighted by atomic mass is 79.9. The summed E-state index contributed by atoms with van der Waals surface area (Å²) in [5.41, 5.74) is 2.89. The third-order valence-electron chi connectivity index (χ3n) is 3.76. The number of hydrogen-bond acceptors (Lipinski definition) is 2. The van der Waals surface area contributed by atoms with Crippen molar-refractivity contribution in [2.45, 2.75) is 58.5 Å². The first kappa shape index (κ1) is 14.8. The maximum absolute atomic E-state index is 4.44. The lowest BCUT2D eigenvalue weighted by atomic mass is 9.93. The second-order valence-corrected chi connectivity index (χ2v) is 5.97. The molecular formula is C15H24BrN3. The second-order valence-electron chi connectivity index (χ2n) is 5.12. The summed E-state index contributed by atoms with van der Waals surface area (Å²) >= 11 is 3.65. The monoisotopic (exact) mass is 325 g/mol. The fourth-order valence-corrected chi connectivity index (χ4v) is 3.41. The zero-order valence-corrected chi connectivity index (χ0v) is 13.5. The van der Waals surface area contributed by atoms with Crippen LogP contribution >= 0.6 is 15.9 Å². The van der Waals surface area contributed by atoms with Gasteiger partial charge in [-0.25, -0.2) is 0 Å². The number of aromatic nitrogens is 2. The van der Waals surface area contributed by atoms with Crippen LogP contribution < -0.4 is 5.32 Å². The minimum atomic E-state index is 0.367. The van der Waals surface area contributed by atoms with Crippen molar-refractivity contribution in [3.05, 3.63) is 28.0 Å². The molecule has 0 bridgehead atoms. The third kappa shape index (κ3) is 3.69. The Morgan fingerprint density at radius 3 is 2.89 bits per heavy atom. The summed E-state index contributed by atoms with van der Waals surface area (Å²) in [7, 11) is 0. The van der Waals surface area contributed by atoms with Crippen LogP contribution in [-0.4, -0.2) is 16.3 Å². The van der Waals surface area contributed by atoms with Crippen LogP contribution in [0.15, 0.2) is 22.3 Å². The van der Waals surface area contributed by atoms with Gasteiger partial charge in [-0.15, -0.1) is 0 Å². The number of allylic oxidation sites excluding steroid dienone is 1. The summed E-state index contributed by atoms with van der Waals surface area (Å²) < 4.78 is 3.22. The Bertz CT molecular complexity index is 437. The fraction of sp³-hybridized carbons (Fsp3) is 0.667. The number of rotatable bonds is 6. The molecule has 19 heavy (non-hydrogen) atoms. The highest BCUT2D eigenvalue weighted by Gasteiger charge is 2.20. The van der Waals surface area contributed by atoms with Crippen LogP contribution in [0.2, 0.25) is 0 Å². The molecule has 4 heteroatoms. The first-order valence-electron chi connectivity index (χ1n) is 7.38. The normalized spacial score (nSPS) is 17.3. The molecule has 1 unspecified atom stereocenters. The molecular weight excluding hydrogens is 302 g/mol. The molecule has 106 valence electrons. The van der Waals surface area contributed by atoms with E-state index in [-0.39, 0.29) is 0 Å². The van der Waals surface area contributed by atoms with Gasteiger partial charge in [-0.3, -0.25) is 4.68 Å². The predicted molar refractivity (Wildman–Crippen MR) is 83.2 cm³/mol. The van der Waals surface area contributed by atoms with Gasteiger partial charge in [0.2, 0.25) is 0 Å². The summed E-state index contributed by atoms with van der Waals surface area (Å²) in [5.74, 6) is 0. The van der Waals surface area contributed by atoms with Crippen molar-refractivity contribution in [2.75, 3.05) is 6.54 Å². The van der Waals surface area contributed by atoms with Gasteiger partial charge in [-0.2, -0.15) is 5.10 Å². The highest BCUT2D eigenvalue weighted by Crippen LogP contribution is 2.31. The van der Waals surface area contributed by atoms with Crippen molar-refractivity contribution < 1.29 is 0 Å². The van der Waals surface area contributed by atoms with Crippen molar-refractivity contribution >= 4 is 15.9 Å². The molecule has 0 fully saturated rings. The molecule has 0 aromatic carbocycles. The molecule has 1 atom stereocenters. The molecule has 3 nitrogen and oxygen atoms in total. The zero-order chi connectivity index (χ0) is 13.7. The molecule has 0 saturated heterocycles. The van der Waals surface area contributed by atoms with Crippen molar-refractivity contribution in [1.29, 1.82) is 0 Å². The topological polar surface area (TPSA) is 29.9 Å². The lowest BCUT2D eigenvalue weighted by Gasteiger charge is -2.23. The largest absolute Gasteiger partial charge is 0.309 e. The van der Waals surface area contributed by atoms with Crippen LogP contribution in [0.4, 0.5) is 0 Å². The smallest absolute Gasteiger partial charge is 0.0698 e. The average Bonchev–Trinajstić information content (AvgIpc) is 2.80. The Kier molecular flexibility index (Phi) is 5.64. The van der Waals surface area contributed by atoms with Gasteiger partial charge in [0, 0.05) is 6.54 Å². The molecule has 0 aliphatic heterocycles. The summed E-state index contributed by atoms with van der Waals surface area (Å²) in [6.45, 7) is 6.22. The van der Waals surface area contributed by atoms with E-state index in [9.17, 15) is 0 Å². The van der Waals surface area contributed by atoms with Crippen molar-refractivity contribution in [3.8, 4) is 0 Å². The fourth-order valence-electron chi connectivity index (χ4n) is 2.83. The van der Waals surface area contributed by atoms with Crippen molar-refractivity contribution in [1.82, 2.24) is 15.1 Å². The van der Waals surface area contributed by atoms with E-state index >= 15 is 0 Å². The maximum atomic E-state index is 4.44. The van der Waals surface area contributed by atoms with Crippen LogP contribution in [0, 0.1) is 0 Å². The van der Waals surface area contributed by atoms with Crippen LogP contribution in [0.3, 0.4) is 0 Å². The van der Waals surface area contributed by atoms with Crippen LogP contribution in [0.1, 0.15) is 57.7 Å². The van der Waals surface area contributed by atoms with E-state index in [0.717, 1.165) is 24.0 Å². The highest BCUT2D eigenvalue weighted by molar-refractivity contribution is 9.10. The quantitative estimate of drug-likeness (QED) is 0.794. The van der Waals surface area contributed by atoms with Gasteiger partial charge in [-0.05, 0) is 61.5 Å². The number of halogens is 1. The molecule has 0 spiro atoms. The van der Waals surface area contributed by atoms with Gasteiger partial charge >= 0.3 is 0 Å². The molecule has 1 aliphatic rings. The van der Waals surface area contributed by atoms with Gasteiger partial charge in [0.05, 0.1) is 22.4 Å². The molecule has 2 rings (SSSR count). The first-order chi connectivity index (χ1) is 9.26. The Morgan fingerprint density at radius 2 is 2.26 bits per heavy atom. The SMILES string of the molecule is CCNC(CC1=CCCCC1)c1c(Br)cnn1CC. The Hall–Kier alpha value is -0.610. The van der Waals surface area contributed by atoms with E-state index in [1.165, 1.54) is 31.4 Å². The molecule has 0 radical (unpaired) electrons. The van der Waals surface area contributed by atoms with E-state index < -0.39 is 0 Å². The Labute approximate surface area is 124 Å². The van der Waals surface area contributed by atoms with Crippen LogP contribution in [0.5, 0.6) is 0 Å². The Morgan fingerprint density at radius 1 is 1.42 bits per heavy atom. The molecule has 1 aliphatic carbocycles. The predicted octanol–water partition coefficient (Wildman–Crippen LogP) is 4.21. The van der Waals surface area contributed by atoms with Crippen molar-refractivity contribution in [2.24, 2.45) is 0 Å². The van der Waals surface area contributed by atoms with Gasteiger partial charge < -0.3 is 5.32 Å². The Balaban J connectivity index is 2.18. The lowest BCUT2D eigenvalue weighted by molar-refractivity contribution is 0.477. The van der Waals surface area contributed by atoms with Crippen molar-refractivity contribution in [3.63, 3.8) is 0 Å². The number of aryl methyl sites for hydroxylation is 1. The molecule has 1 aromatic heterocycles. The summed E-state index contributed by atoms with van der Waals surface area (Å²) in [5, 5.41) is 8.06. The van der Waals surface area contributed by atoms with Gasteiger partial charge in [0.1, 0.15) is 0 Å². The number of nitrogens with zero attached hydrogens (tertiary/aromatic N) is 2. The third-order valence-corrected chi connectivity index (χ3v) is 4.38. The van der Waals surface area contributed by atoms with E-state index in [1.807, 2.05) is 6.20 Å². The molecule has 0 amide bonds. The van der Waals surface area contributed by atoms with Crippen LogP contribution in [-0.2, 0) is 6.54 Å². The standard InChI is InChI=1S/C15H24BrN3/c1-3-17-14(10-12-8-6-5-7-9-12)15-13(16)11-18-19(15)4-2/h8,11,14,17H,3-7,9-10H2,1-2H3.